The molecule has 1 heterocycles. The Morgan fingerprint density at radius 1 is 1.45 bits per heavy atom. The molecule has 1 fully saturated rings. The molecule has 1 saturated heterocycles. The van der Waals surface area contributed by atoms with Gasteiger partial charge in [0.25, 0.3) is 0 Å². The normalized spacial score (nSPS) is 32.2. The van der Waals surface area contributed by atoms with Crippen molar-refractivity contribution in [2.24, 2.45) is 0 Å². The van der Waals surface area contributed by atoms with Crippen LogP contribution in [-0.2, 0) is 14.2 Å². The van der Waals surface area contributed by atoms with Crippen LogP contribution in [0.1, 0.15) is 0 Å². The van der Waals surface area contributed by atoms with E-state index in [-0.39, 0.29) is 18.8 Å². The van der Waals surface area contributed by atoms with E-state index in [0.717, 1.165) is 0 Å². The first-order chi connectivity index (χ1) is 5.36. The average molecular weight is 162 g/mol. The van der Waals surface area contributed by atoms with Gasteiger partial charge in [-0.25, -0.2) is 0 Å². The van der Waals surface area contributed by atoms with Gasteiger partial charge < -0.3 is 19.3 Å². The van der Waals surface area contributed by atoms with E-state index in [1.54, 1.807) is 7.11 Å². The van der Waals surface area contributed by atoms with Crippen molar-refractivity contribution >= 4 is 0 Å². The van der Waals surface area contributed by atoms with E-state index in [1.165, 1.54) is 0 Å². The Kier molecular flexibility index (Phi) is 3.79. The standard InChI is InChI=1S/C7H14O4/c1-9-3-7-5-10-4-6(2-8)11-7/h6-8H,2-5H2,1H3/t6-,7?/m0/s1. The van der Waals surface area contributed by atoms with Crippen LogP contribution >= 0.6 is 0 Å². The zero-order valence-electron chi connectivity index (χ0n) is 6.66. The third kappa shape index (κ3) is 2.75. The topological polar surface area (TPSA) is 47.9 Å². The molecule has 0 aromatic rings. The van der Waals surface area contributed by atoms with Crippen molar-refractivity contribution in [3.63, 3.8) is 0 Å². The fourth-order valence-corrected chi connectivity index (χ4v) is 1.05. The zero-order valence-corrected chi connectivity index (χ0v) is 6.66. The number of hydrogen-bond acceptors (Lipinski definition) is 4. The van der Waals surface area contributed by atoms with Crippen LogP contribution in [0.5, 0.6) is 0 Å². The second-order valence-corrected chi connectivity index (χ2v) is 2.56. The summed E-state index contributed by atoms with van der Waals surface area (Å²) in [7, 11) is 1.62. The number of aliphatic hydroxyl groups is 1. The molecule has 0 bridgehead atoms. The third-order valence-electron chi connectivity index (χ3n) is 1.55. The number of rotatable bonds is 3. The molecule has 4 heteroatoms. The molecule has 11 heavy (non-hydrogen) atoms. The van der Waals surface area contributed by atoms with Crippen LogP contribution in [-0.4, -0.2) is 50.9 Å². The van der Waals surface area contributed by atoms with Crippen LogP contribution in [0.3, 0.4) is 0 Å². The number of methoxy groups -OCH3 is 1. The van der Waals surface area contributed by atoms with Crippen molar-refractivity contribution in [2.75, 3.05) is 33.5 Å². The van der Waals surface area contributed by atoms with Crippen LogP contribution < -0.4 is 0 Å². The molecule has 0 saturated carbocycles. The molecule has 0 aromatic carbocycles. The second kappa shape index (κ2) is 4.66. The van der Waals surface area contributed by atoms with E-state index in [0.29, 0.717) is 19.8 Å². The van der Waals surface area contributed by atoms with Crippen molar-refractivity contribution in [3.05, 3.63) is 0 Å². The fourth-order valence-electron chi connectivity index (χ4n) is 1.05. The molecular weight excluding hydrogens is 148 g/mol. The van der Waals surface area contributed by atoms with Crippen LogP contribution in [0.2, 0.25) is 0 Å². The van der Waals surface area contributed by atoms with Crippen molar-refractivity contribution in [1.82, 2.24) is 0 Å². The summed E-state index contributed by atoms with van der Waals surface area (Å²) in [4.78, 5) is 0. The Balaban J connectivity index is 2.21. The van der Waals surface area contributed by atoms with E-state index >= 15 is 0 Å². The predicted molar refractivity (Wildman–Crippen MR) is 38.4 cm³/mol. The number of ether oxygens (including phenoxy) is 3. The molecule has 1 aliphatic rings. The molecule has 0 radical (unpaired) electrons. The maximum absolute atomic E-state index is 8.73. The van der Waals surface area contributed by atoms with E-state index in [1.807, 2.05) is 0 Å². The van der Waals surface area contributed by atoms with Gasteiger partial charge in [0.1, 0.15) is 12.2 Å². The monoisotopic (exact) mass is 162 g/mol. The summed E-state index contributed by atoms with van der Waals surface area (Å²) in [6.45, 7) is 1.58. The Labute approximate surface area is 66.1 Å². The molecular formula is C7H14O4. The Bertz CT molecular complexity index is 105. The number of hydrogen-bond donors (Lipinski definition) is 1. The molecule has 2 atom stereocenters. The highest BCUT2D eigenvalue weighted by Gasteiger charge is 2.21. The summed E-state index contributed by atoms with van der Waals surface area (Å²) in [5, 5.41) is 8.73. The van der Waals surface area contributed by atoms with Gasteiger partial charge in [0, 0.05) is 7.11 Å². The van der Waals surface area contributed by atoms with Gasteiger partial charge in [-0.2, -0.15) is 0 Å². The van der Waals surface area contributed by atoms with Gasteiger partial charge >= 0.3 is 0 Å². The molecule has 1 unspecified atom stereocenters. The molecule has 4 nitrogen and oxygen atoms in total. The van der Waals surface area contributed by atoms with Gasteiger partial charge in [0.2, 0.25) is 0 Å². The summed E-state index contributed by atoms with van der Waals surface area (Å²) in [6, 6.07) is 0. The van der Waals surface area contributed by atoms with E-state index in [2.05, 4.69) is 0 Å². The van der Waals surface area contributed by atoms with E-state index in [4.69, 9.17) is 19.3 Å². The highest BCUT2D eigenvalue weighted by molar-refractivity contribution is 4.66. The molecule has 0 amide bonds. The maximum atomic E-state index is 8.73. The summed E-state index contributed by atoms with van der Waals surface area (Å²) in [6.07, 6.45) is -0.199. The summed E-state index contributed by atoms with van der Waals surface area (Å²) >= 11 is 0. The maximum Gasteiger partial charge on any atom is 0.105 e. The Morgan fingerprint density at radius 2 is 2.18 bits per heavy atom. The molecule has 0 spiro atoms. The summed E-state index contributed by atoms with van der Waals surface area (Å²) in [5.41, 5.74) is 0. The van der Waals surface area contributed by atoms with Gasteiger partial charge in [0.05, 0.1) is 26.4 Å². The van der Waals surface area contributed by atoms with Crippen molar-refractivity contribution < 1.29 is 19.3 Å². The van der Waals surface area contributed by atoms with Gasteiger partial charge in [-0.3, -0.25) is 0 Å². The quantitative estimate of drug-likeness (QED) is 0.602. The minimum absolute atomic E-state index is 0.0141. The summed E-state index contributed by atoms with van der Waals surface area (Å²) in [5.74, 6) is 0. The van der Waals surface area contributed by atoms with Crippen LogP contribution in [0, 0.1) is 0 Å². The van der Waals surface area contributed by atoms with Gasteiger partial charge in [-0.15, -0.1) is 0 Å². The molecule has 0 aliphatic carbocycles. The first-order valence-corrected chi connectivity index (χ1v) is 3.69. The average Bonchev–Trinajstić information content (AvgIpc) is 2.06. The first kappa shape index (κ1) is 8.93. The third-order valence-corrected chi connectivity index (χ3v) is 1.55. The zero-order chi connectivity index (χ0) is 8.10. The van der Waals surface area contributed by atoms with Gasteiger partial charge in [-0.05, 0) is 0 Å². The van der Waals surface area contributed by atoms with Crippen LogP contribution in [0.15, 0.2) is 0 Å². The Morgan fingerprint density at radius 3 is 2.82 bits per heavy atom. The van der Waals surface area contributed by atoms with Gasteiger partial charge in [0.15, 0.2) is 0 Å². The van der Waals surface area contributed by atoms with Gasteiger partial charge in [-0.1, -0.05) is 0 Å². The molecule has 66 valence electrons. The largest absolute Gasteiger partial charge is 0.394 e. The Hall–Kier alpha value is -0.160. The smallest absolute Gasteiger partial charge is 0.105 e. The lowest BCUT2D eigenvalue weighted by atomic mass is 10.3. The van der Waals surface area contributed by atoms with E-state index < -0.39 is 0 Å². The SMILES string of the molecule is COCC1COC[C@H](CO)O1. The minimum Gasteiger partial charge on any atom is -0.394 e. The molecule has 1 N–H and O–H groups in total. The lowest BCUT2D eigenvalue weighted by Crippen LogP contribution is -2.40. The van der Waals surface area contributed by atoms with E-state index in [9.17, 15) is 0 Å². The lowest BCUT2D eigenvalue weighted by molar-refractivity contribution is -0.164. The molecule has 0 aromatic heterocycles. The highest BCUT2D eigenvalue weighted by Crippen LogP contribution is 2.07. The predicted octanol–water partition coefficient (Wildman–Crippen LogP) is -0.591. The molecule has 1 aliphatic heterocycles. The van der Waals surface area contributed by atoms with Crippen LogP contribution in [0.25, 0.3) is 0 Å². The summed E-state index contributed by atoms with van der Waals surface area (Å²) < 4.78 is 15.4. The highest BCUT2D eigenvalue weighted by atomic mass is 16.6. The number of aliphatic hydroxyl groups excluding tert-OH is 1. The minimum atomic E-state index is -0.177. The van der Waals surface area contributed by atoms with Crippen molar-refractivity contribution in [2.45, 2.75) is 12.2 Å². The first-order valence-electron chi connectivity index (χ1n) is 3.69. The molecule has 1 rings (SSSR count). The lowest BCUT2D eigenvalue weighted by Gasteiger charge is -2.28. The second-order valence-electron chi connectivity index (χ2n) is 2.56. The van der Waals surface area contributed by atoms with Crippen molar-refractivity contribution in [3.8, 4) is 0 Å². The fraction of sp³-hybridized carbons (Fsp3) is 1.00. The van der Waals surface area contributed by atoms with Crippen LogP contribution in [0.4, 0.5) is 0 Å². The van der Waals surface area contributed by atoms with Crippen molar-refractivity contribution in [1.29, 1.82) is 0 Å².